The highest BCUT2D eigenvalue weighted by atomic mass is 32.1. The Morgan fingerprint density at radius 3 is 2.87 bits per heavy atom. The number of aryl methyl sites for hydroxylation is 1. The number of rotatable bonds is 5. The molecular weight excluding hydrogens is 200 g/mol. The molecule has 2 rings (SSSR count). The van der Waals surface area contributed by atoms with E-state index in [2.05, 4.69) is 36.6 Å². The third-order valence-corrected chi connectivity index (χ3v) is 3.87. The average Bonchev–Trinajstić information content (AvgIpc) is 2.73. The molecule has 0 aliphatic carbocycles. The molecule has 0 spiro atoms. The van der Waals surface area contributed by atoms with Gasteiger partial charge in [0.2, 0.25) is 0 Å². The van der Waals surface area contributed by atoms with Gasteiger partial charge in [0.05, 0.1) is 0 Å². The Hall–Kier alpha value is -0.820. The molecule has 1 heteroatoms. The summed E-state index contributed by atoms with van der Waals surface area (Å²) in [5.74, 6) is 0. The van der Waals surface area contributed by atoms with Gasteiger partial charge in [-0.15, -0.1) is 11.3 Å². The van der Waals surface area contributed by atoms with Crippen LogP contribution < -0.4 is 0 Å². The van der Waals surface area contributed by atoms with Gasteiger partial charge < -0.3 is 0 Å². The van der Waals surface area contributed by atoms with Crippen molar-refractivity contribution in [2.75, 3.05) is 0 Å². The van der Waals surface area contributed by atoms with Crippen molar-refractivity contribution in [2.45, 2.75) is 39.0 Å². The van der Waals surface area contributed by atoms with Crippen LogP contribution in [0.3, 0.4) is 0 Å². The summed E-state index contributed by atoms with van der Waals surface area (Å²) in [5.41, 5.74) is 1.54. The molecule has 0 amide bonds. The Balaban J connectivity index is 2.04. The first-order chi connectivity index (χ1) is 7.42. The lowest BCUT2D eigenvalue weighted by Crippen LogP contribution is -1.85. The third kappa shape index (κ3) is 2.60. The summed E-state index contributed by atoms with van der Waals surface area (Å²) < 4.78 is 1.49. The molecule has 0 N–H and O–H groups in total. The highest BCUT2D eigenvalue weighted by molar-refractivity contribution is 7.17. The van der Waals surface area contributed by atoms with E-state index in [1.54, 1.807) is 5.56 Å². The Morgan fingerprint density at radius 2 is 2.00 bits per heavy atom. The number of thiophene rings is 1. The molecule has 2 aromatic rings. The highest BCUT2D eigenvalue weighted by Crippen LogP contribution is 2.25. The van der Waals surface area contributed by atoms with Gasteiger partial charge in [0.25, 0.3) is 0 Å². The molecule has 0 aliphatic heterocycles. The molecule has 0 saturated heterocycles. The van der Waals surface area contributed by atoms with Crippen molar-refractivity contribution in [1.82, 2.24) is 0 Å². The van der Waals surface area contributed by atoms with Gasteiger partial charge in [-0.25, -0.2) is 0 Å². The third-order valence-electron chi connectivity index (χ3n) is 2.86. The second kappa shape index (κ2) is 5.32. The van der Waals surface area contributed by atoms with Crippen LogP contribution in [0.25, 0.3) is 10.1 Å². The van der Waals surface area contributed by atoms with Crippen LogP contribution in [0.1, 0.15) is 38.2 Å². The maximum absolute atomic E-state index is 2.28. The minimum atomic E-state index is 1.25. The predicted molar refractivity (Wildman–Crippen MR) is 69.7 cm³/mol. The minimum Gasteiger partial charge on any atom is -0.144 e. The molecule has 0 atom stereocenters. The number of fused-ring (bicyclic) bond motifs is 1. The van der Waals surface area contributed by atoms with E-state index in [1.807, 2.05) is 11.3 Å². The topological polar surface area (TPSA) is 0 Å². The van der Waals surface area contributed by atoms with Gasteiger partial charge >= 0.3 is 0 Å². The van der Waals surface area contributed by atoms with E-state index < -0.39 is 0 Å². The monoisotopic (exact) mass is 218 g/mol. The van der Waals surface area contributed by atoms with Crippen molar-refractivity contribution in [3.63, 3.8) is 0 Å². The van der Waals surface area contributed by atoms with Crippen molar-refractivity contribution in [3.05, 3.63) is 35.2 Å². The lowest BCUT2D eigenvalue weighted by atomic mass is 10.1. The summed E-state index contributed by atoms with van der Waals surface area (Å²) in [5, 5.41) is 3.60. The van der Waals surface area contributed by atoms with Crippen LogP contribution in [0.4, 0.5) is 0 Å². The SMILES string of the molecule is CCCCCCc1cccc2ccsc12. The molecular formula is C14H18S. The zero-order valence-corrected chi connectivity index (χ0v) is 10.1. The first-order valence-electron chi connectivity index (χ1n) is 5.87. The highest BCUT2D eigenvalue weighted by Gasteiger charge is 2.01. The predicted octanol–water partition coefficient (Wildman–Crippen LogP) is 5.02. The fourth-order valence-corrected chi connectivity index (χ4v) is 2.94. The fourth-order valence-electron chi connectivity index (χ4n) is 1.99. The van der Waals surface area contributed by atoms with Crippen LogP contribution in [0, 0.1) is 0 Å². The zero-order chi connectivity index (χ0) is 10.5. The van der Waals surface area contributed by atoms with Gasteiger partial charge in [-0.05, 0) is 35.2 Å². The lowest BCUT2D eigenvalue weighted by Gasteiger charge is -2.02. The molecule has 1 aromatic carbocycles. The summed E-state index contributed by atoms with van der Waals surface area (Å²) in [6.45, 7) is 2.26. The van der Waals surface area contributed by atoms with E-state index in [4.69, 9.17) is 0 Å². The van der Waals surface area contributed by atoms with Gasteiger partial charge in [-0.1, -0.05) is 44.4 Å². The normalized spacial score (nSPS) is 11.0. The lowest BCUT2D eigenvalue weighted by molar-refractivity contribution is 0.668. The second-order valence-electron chi connectivity index (χ2n) is 4.07. The molecule has 15 heavy (non-hydrogen) atoms. The average molecular weight is 218 g/mol. The molecule has 0 aliphatic rings. The molecule has 0 unspecified atom stereocenters. The molecule has 1 heterocycles. The molecule has 0 bridgehead atoms. The summed E-state index contributed by atoms with van der Waals surface area (Å²) in [6, 6.07) is 8.89. The number of hydrogen-bond acceptors (Lipinski definition) is 1. The number of unbranched alkanes of at least 4 members (excludes halogenated alkanes) is 3. The van der Waals surface area contributed by atoms with Gasteiger partial charge in [-0.3, -0.25) is 0 Å². The number of benzene rings is 1. The van der Waals surface area contributed by atoms with Gasteiger partial charge in [-0.2, -0.15) is 0 Å². The largest absolute Gasteiger partial charge is 0.144 e. The van der Waals surface area contributed by atoms with Gasteiger partial charge in [0.15, 0.2) is 0 Å². The van der Waals surface area contributed by atoms with Crippen LogP contribution >= 0.6 is 11.3 Å². The van der Waals surface area contributed by atoms with E-state index in [0.717, 1.165) is 0 Å². The van der Waals surface area contributed by atoms with Crippen molar-refractivity contribution >= 4 is 21.4 Å². The summed E-state index contributed by atoms with van der Waals surface area (Å²) in [7, 11) is 0. The van der Waals surface area contributed by atoms with Gasteiger partial charge in [0.1, 0.15) is 0 Å². The van der Waals surface area contributed by atoms with E-state index in [1.165, 1.54) is 42.2 Å². The van der Waals surface area contributed by atoms with E-state index in [-0.39, 0.29) is 0 Å². The van der Waals surface area contributed by atoms with Crippen molar-refractivity contribution in [1.29, 1.82) is 0 Å². The minimum absolute atomic E-state index is 1.25. The Morgan fingerprint density at radius 1 is 1.07 bits per heavy atom. The van der Waals surface area contributed by atoms with Crippen LogP contribution in [-0.4, -0.2) is 0 Å². The van der Waals surface area contributed by atoms with Crippen LogP contribution in [-0.2, 0) is 6.42 Å². The number of hydrogen-bond donors (Lipinski definition) is 0. The molecule has 0 radical (unpaired) electrons. The zero-order valence-electron chi connectivity index (χ0n) is 9.33. The molecule has 0 nitrogen and oxygen atoms in total. The van der Waals surface area contributed by atoms with E-state index in [9.17, 15) is 0 Å². The van der Waals surface area contributed by atoms with Crippen LogP contribution in [0.5, 0.6) is 0 Å². The van der Waals surface area contributed by atoms with Crippen molar-refractivity contribution < 1.29 is 0 Å². The molecule has 80 valence electrons. The summed E-state index contributed by atoms with van der Waals surface area (Å²) in [6.07, 6.45) is 6.66. The first-order valence-corrected chi connectivity index (χ1v) is 6.75. The molecule has 0 fully saturated rings. The van der Waals surface area contributed by atoms with Crippen molar-refractivity contribution in [2.24, 2.45) is 0 Å². The maximum atomic E-state index is 2.28. The Kier molecular flexibility index (Phi) is 3.79. The van der Waals surface area contributed by atoms with E-state index in [0.29, 0.717) is 0 Å². The first kappa shape index (κ1) is 10.7. The molecule has 0 saturated carbocycles. The Bertz CT molecular complexity index is 414. The van der Waals surface area contributed by atoms with Crippen molar-refractivity contribution in [3.8, 4) is 0 Å². The quantitative estimate of drug-likeness (QED) is 0.618. The smallest absolute Gasteiger partial charge is 0.0374 e. The standard InChI is InChI=1S/C14H18S/c1-2-3-4-5-7-12-8-6-9-13-10-11-15-14(12)13/h6,8-11H,2-5,7H2,1H3. The molecule has 1 aromatic heterocycles. The van der Waals surface area contributed by atoms with Gasteiger partial charge in [0, 0.05) is 4.70 Å². The van der Waals surface area contributed by atoms with Crippen LogP contribution in [0.15, 0.2) is 29.6 Å². The fraction of sp³-hybridized carbons (Fsp3) is 0.429. The summed E-state index contributed by atoms with van der Waals surface area (Å²) in [4.78, 5) is 0. The Labute approximate surface area is 95.9 Å². The van der Waals surface area contributed by atoms with Crippen LogP contribution in [0.2, 0.25) is 0 Å². The maximum Gasteiger partial charge on any atom is 0.0374 e. The van der Waals surface area contributed by atoms with E-state index >= 15 is 0 Å². The summed E-state index contributed by atoms with van der Waals surface area (Å²) >= 11 is 1.88. The second-order valence-corrected chi connectivity index (χ2v) is 4.98.